The SMILES string of the molecule is CCCCCCC=CC(=O)O.CN(C)C.O. The van der Waals surface area contributed by atoms with E-state index in [9.17, 15) is 4.79 Å². The van der Waals surface area contributed by atoms with E-state index in [0.29, 0.717) is 0 Å². The molecule has 4 nitrogen and oxygen atoms in total. The lowest BCUT2D eigenvalue weighted by Gasteiger charge is -1.92. The topological polar surface area (TPSA) is 72.0 Å². The Morgan fingerprint density at radius 3 is 2.06 bits per heavy atom. The summed E-state index contributed by atoms with van der Waals surface area (Å²) in [5, 5.41) is 8.23. The fraction of sp³-hybridized carbons (Fsp3) is 0.750. The Morgan fingerprint density at radius 2 is 1.69 bits per heavy atom. The average molecular weight is 233 g/mol. The number of unbranched alkanes of at least 4 members (excludes halogenated alkanes) is 4. The van der Waals surface area contributed by atoms with Gasteiger partial charge in [-0.1, -0.05) is 32.3 Å². The van der Waals surface area contributed by atoms with Crippen molar-refractivity contribution in [3.63, 3.8) is 0 Å². The maximum absolute atomic E-state index is 10.0. The minimum Gasteiger partial charge on any atom is -0.478 e. The quantitative estimate of drug-likeness (QED) is 0.563. The first-order chi connectivity index (χ1) is 7.00. The minimum atomic E-state index is -0.847. The Balaban J connectivity index is -0.000000292. The number of carbonyl (C=O) groups is 1. The molecule has 0 aliphatic rings. The molecule has 0 aliphatic heterocycles. The van der Waals surface area contributed by atoms with Crippen LogP contribution in [0.25, 0.3) is 0 Å². The van der Waals surface area contributed by atoms with Gasteiger partial charge in [-0.2, -0.15) is 0 Å². The van der Waals surface area contributed by atoms with E-state index < -0.39 is 5.97 Å². The molecule has 0 unspecified atom stereocenters. The molecule has 0 aliphatic carbocycles. The summed E-state index contributed by atoms with van der Waals surface area (Å²) in [4.78, 5) is 12.0. The lowest BCUT2D eigenvalue weighted by Crippen LogP contribution is -1.99. The van der Waals surface area contributed by atoms with Crippen LogP contribution < -0.4 is 0 Å². The lowest BCUT2D eigenvalue weighted by molar-refractivity contribution is -0.131. The summed E-state index contributed by atoms with van der Waals surface area (Å²) in [7, 11) is 6.00. The van der Waals surface area contributed by atoms with Crippen molar-refractivity contribution >= 4 is 5.97 Å². The van der Waals surface area contributed by atoms with E-state index in [1.807, 2.05) is 26.0 Å². The van der Waals surface area contributed by atoms with E-state index in [-0.39, 0.29) is 5.48 Å². The van der Waals surface area contributed by atoms with Gasteiger partial charge in [-0.25, -0.2) is 4.79 Å². The van der Waals surface area contributed by atoms with Crippen molar-refractivity contribution in [2.75, 3.05) is 21.1 Å². The molecule has 0 rings (SSSR count). The molecule has 0 aromatic rings. The highest BCUT2D eigenvalue weighted by Crippen LogP contribution is 2.02. The van der Waals surface area contributed by atoms with Crippen molar-refractivity contribution in [3.05, 3.63) is 12.2 Å². The molecule has 4 heteroatoms. The summed E-state index contributed by atoms with van der Waals surface area (Å²) in [6, 6.07) is 0. The molecule has 0 amide bonds. The molecular formula is C12H27NO3. The second-order valence-corrected chi connectivity index (χ2v) is 3.93. The van der Waals surface area contributed by atoms with E-state index in [1.54, 1.807) is 6.08 Å². The molecule has 0 saturated carbocycles. The first-order valence-corrected chi connectivity index (χ1v) is 5.51. The Bertz CT molecular complexity index is 165. The van der Waals surface area contributed by atoms with Gasteiger partial charge in [0.2, 0.25) is 0 Å². The number of allylic oxidation sites excluding steroid dienone is 1. The van der Waals surface area contributed by atoms with Crippen LogP contribution in [0.1, 0.15) is 39.0 Å². The third-order valence-corrected chi connectivity index (χ3v) is 1.48. The molecule has 98 valence electrons. The molecule has 0 atom stereocenters. The predicted molar refractivity (Wildman–Crippen MR) is 68.8 cm³/mol. The van der Waals surface area contributed by atoms with Crippen LogP contribution in [-0.2, 0) is 4.79 Å². The van der Waals surface area contributed by atoms with E-state index in [2.05, 4.69) is 6.92 Å². The molecule has 0 spiro atoms. The van der Waals surface area contributed by atoms with E-state index in [0.717, 1.165) is 12.8 Å². The predicted octanol–water partition coefficient (Wildman–Crippen LogP) is 1.95. The van der Waals surface area contributed by atoms with E-state index in [4.69, 9.17) is 5.11 Å². The monoisotopic (exact) mass is 233 g/mol. The maximum Gasteiger partial charge on any atom is 0.327 e. The summed E-state index contributed by atoms with van der Waals surface area (Å²) in [6.45, 7) is 2.16. The van der Waals surface area contributed by atoms with Crippen LogP contribution in [0, 0.1) is 0 Å². The zero-order chi connectivity index (χ0) is 12.1. The summed E-state index contributed by atoms with van der Waals surface area (Å²) in [5.41, 5.74) is 0. The maximum atomic E-state index is 10.0. The van der Waals surface area contributed by atoms with Crippen molar-refractivity contribution in [1.29, 1.82) is 0 Å². The molecule has 0 bridgehead atoms. The first kappa shape index (κ1) is 20.5. The Hall–Kier alpha value is -0.870. The number of hydrogen-bond acceptors (Lipinski definition) is 2. The number of hydrogen-bond donors (Lipinski definition) is 1. The van der Waals surface area contributed by atoms with Crippen LogP contribution in [0.4, 0.5) is 0 Å². The van der Waals surface area contributed by atoms with Gasteiger partial charge in [-0.15, -0.1) is 0 Å². The average Bonchev–Trinajstić information content (AvgIpc) is 2.09. The van der Waals surface area contributed by atoms with Gasteiger partial charge in [0.05, 0.1) is 0 Å². The third-order valence-electron chi connectivity index (χ3n) is 1.48. The standard InChI is InChI=1S/C9H16O2.C3H9N.H2O/c1-2-3-4-5-6-7-8-9(10)11;1-4(2)3;/h7-8H,2-6H2,1H3,(H,10,11);1-3H3;1H2. The summed E-state index contributed by atoms with van der Waals surface area (Å²) >= 11 is 0. The fourth-order valence-corrected chi connectivity index (χ4v) is 0.873. The molecule has 16 heavy (non-hydrogen) atoms. The molecule has 0 aromatic heterocycles. The van der Waals surface area contributed by atoms with Gasteiger partial charge >= 0.3 is 5.97 Å². The zero-order valence-electron chi connectivity index (χ0n) is 11.0. The smallest absolute Gasteiger partial charge is 0.327 e. The van der Waals surface area contributed by atoms with Crippen LogP contribution in [0.5, 0.6) is 0 Å². The molecule has 0 radical (unpaired) electrons. The number of rotatable bonds is 6. The number of carboxylic acids is 1. The van der Waals surface area contributed by atoms with Crippen molar-refractivity contribution in [3.8, 4) is 0 Å². The zero-order valence-corrected chi connectivity index (χ0v) is 11.0. The van der Waals surface area contributed by atoms with E-state index in [1.165, 1.54) is 25.3 Å². The van der Waals surface area contributed by atoms with Gasteiger partial charge in [0.15, 0.2) is 0 Å². The number of carboxylic acid groups (broad SMARTS) is 1. The molecule has 0 saturated heterocycles. The first-order valence-electron chi connectivity index (χ1n) is 5.51. The van der Waals surface area contributed by atoms with Crippen molar-refractivity contribution in [2.24, 2.45) is 0 Å². The molecule has 0 aromatic carbocycles. The van der Waals surface area contributed by atoms with Gasteiger partial charge in [0, 0.05) is 6.08 Å². The highest BCUT2D eigenvalue weighted by atomic mass is 16.4. The number of aliphatic carboxylic acids is 1. The van der Waals surface area contributed by atoms with E-state index >= 15 is 0 Å². The molecule has 0 heterocycles. The van der Waals surface area contributed by atoms with Crippen molar-refractivity contribution < 1.29 is 15.4 Å². The Labute approximate surface area is 99.3 Å². The van der Waals surface area contributed by atoms with Crippen LogP contribution in [-0.4, -0.2) is 42.6 Å². The largest absolute Gasteiger partial charge is 0.478 e. The van der Waals surface area contributed by atoms with Gasteiger partial charge in [-0.05, 0) is 34.0 Å². The molecular weight excluding hydrogens is 206 g/mol. The van der Waals surface area contributed by atoms with Crippen molar-refractivity contribution in [1.82, 2.24) is 4.90 Å². The van der Waals surface area contributed by atoms with Crippen LogP contribution in [0.2, 0.25) is 0 Å². The molecule has 0 fully saturated rings. The summed E-state index contributed by atoms with van der Waals surface area (Å²) in [6.07, 6.45) is 8.62. The van der Waals surface area contributed by atoms with Crippen molar-refractivity contribution in [2.45, 2.75) is 39.0 Å². The van der Waals surface area contributed by atoms with Gasteiger partial charge in [0.25, 0.3) is 0 Å². The summed E-state index contributed by atoms with van der Waals surface area (Å²) < 4.78 is 0. The van der Waals surface area contributed by atoms with Crippen LogP contribution >= 0.6 is 0 Å². The molecule has 3 N–H and O–H groups in total. The van der Waals surface area contributed by atoms with Gasteiger partial charge in [0.1, 0.15) is 0 Å². The third kappa shape index (κ3) is 38.0. The lowest BCUT2D eigenvalue weighted by atomic mass is 10.1. The van der Waals surface area contributed by atoms with Gasteiger partial charge < -0.3 is 15.5 Å². The Morgan fingerprint density at radius 1 is 1.19 bits per heavy atom. The van der Waals surface area contributed by atoms with Gasteiger partial charge in [-0.3, -0.25) is 0 Å². The Kier molecular flexibility index (Phi) is 21.2. The number of nitrogens with zero attached hydrogens (tertiary/aromatic N) is 1. The second-order valence-electron chi connectivity index (χ2n) is 3.93. The second kappa shape index (κ2) is 16.6. The fourth-order valence-electron chi connectivity index (χ4n) is 0.873. The minimum absolute atomic E-state index is 0. The van der Waals surface area contributed by atoms with Crippen LogP contribution in [0.15, 0.2) is 12.2 Å². The van der Waals surface area contributed by atoms with Crippen LogP contribution in [0.3, 0.4) is 0 Å². The summed E-state index contributed by atoms with van der Waals surface area (Å²) in [5.74, 6) is -0.847. The normalized spacial score (nSPS) is 9.56. The highest BCUT2D eigenvalue weighted by molar-refractivity contribution is 5.79. The highest BCUT2D eigenvalue weighted by Gasteiger charge is 1.86.